The first-order chi connectivity index (χ1) is 15.4. The lowest BCUT2D eigenvalue weighted by Crippen LogP contribution is -2.40. The Hall–Kier alpha value is -1.85. The van der Waals surface area contributed by atoms with Crippen LogP contribution in [0.4, 0.5) is 11.4 Å². The number of sulfone groups is 2. The quantitative estimate of drug-likeness (QED) is 0.580. The molecule has 3 aliphatic heterocycles. The lowest BCUT2D eigenvalue weighted by molar-refractivity contribution is -0.128. The van der Waals surface area contributed by atoms with Crippen molar-refractivity contribution in [2.45, 2.75) is 13.8 Å². The minimum absolute atomic E-state index is 0.0235. The smallest absolute Gasteiger partial charge is 0.237 e. The molecule has 184 valence electrons. The van der Waals surface area contributed by atoms with Gasteiger partial charge in [-0.1, -0.05) is 13.8 Å². The summed E-state index contributed by atoms with van der Waals surface area (Å²) in [6.45, 7) is 8.06. The number of hydrogen-bond donors (Lipinski definition) is 1. The van der Waals surface area contributed by atoms with E-state index >= 15 is 0 Å². The fourth-order valence-electron chi connectivity index (χ4n) is 5.40. The second kappa shape index (κ2) is 8.42. The first kappa shape index (κ1) is 24.3. The van der Waals surface area contributed by atoms with Crippen molar-refractivity contribution in [1.29, 1.82) is 0 Å². The van der Waals surface area contributed by atoms with E-state index in [2.05, 4.69) is 35.8 Å². The molecule has 0 bridgehead atoms. The predicted octanol–water partition coefficient (Wildman–Crippen LogP) is -0.0303. The van der Waals surface area contributed by atoms with Crippen molar-refractivity contribution in [3.63, 3.8) is 0 Å². The van der Waals surface area contributed by atoms with E-state index in [9.17, 15) is 21.6 Å². The van der Waals surface area contributed by atoms with E-state index in [4.69, 9.17) is 5.73 Å². The van der Waals surface area contributed by atoms with Crippen molar-refractivity contribution in [3.8, 4) is 0 Å². The molecule has 1 amide bonds. The lowest BCUT2D eigenvalue weighted by Gasteiger charge is -2.30. The van der Waals surface area contributed by atoms with Crippen LogP contribution in [0, 0.1) is 10.8 Å². The van der Waals surface area contributed by atoms with Crippen molar-refractivity contribution >= 4 is 37.0 Å². The second-order valence-electron chi connectivity index (χ2n) is 10.3. The number of fused-ring (bicyclic) bond motifs is 1. The number of amides is 1. The van der Waals surface area contributed by atoms with Crippen LogP contribution in [0.5, 0.6) is 0 Å². The molecule has 0 aromatic heterocycles. The fourth-order valence-corrected chi connectivity index (χ4v) is 7.66. The molecule has 11 heteroatoms. The van der Waals surface area contributed by atoms with Gasteiger partial charge in [0.2, 0.25) is 5.91 Å². The molecule has 3 fully saturated rings. The maximum absolute atomic E-state index is 12.7. The van der Waals surface area contributed by atoms with Crippen molar-refractivity contribution in [2.75, 3.05) is 78.6 Å². The molecular weight excluding hydrogens is 464 g/mol. The van der Waals surface area contributed by atoms with Crippen molar-refractivity contribution in [1.82, 2.24) is 4.90 Å². The standard InChI is InChI=1S/C22H34N4O5S2/c1-21-14-25(19-5-3-18(4-6-19)24-8-11-32(28,29)12-9-24)15-22(21,2)17-26(16-21)20(27)13-33(30,31)10-7-23/h3-6H,7-17,23H2,1-2H3/t21-,22+. The Morgan fingerprint density at radius 3 is 1.91 bits per heavy atom. The highest BCUT2D eigenvalue weighted by Crippen LogP contribution is 2.52. The van der Waals surface area contributed by atoms with Gasteiger partial charge < -0.3 is 20.4 Å². The zero-order chi connectivity index (χ0) is 24.1. The normalized spacial score (nSPS) is 29.4. The average Bonchev–Trinajstić information content (AvgIpc) is 3.12. The summed E-state index contributed by atoms with van der Waals surface area (Å²) < 4.78 is 47.5. The lowest BCUT2D eigenvalue weighted by atomic mass is 9.71. The molecule has 2 atom stereocenters. The summed E-state index contributed by atoms with van der Waals surface area (Å²) in [5.41, 5.74) is 7.21. The van der Waals surface area contributed by atoms with Crippen molar-refractivity contribution in [3.05, 3.63) is 24.3 Å². The van der Waals surface area contributed by atoms with Crippen LogP contribution < -0.4 is 15.5 Å². The largest absolute Gasteiger partial charge is 0.370 e. The summed E-state index contributed by atoms with van der Waals surface area (Å²) >= 11 is 0. The molecule has 0 unspecified atom stereocenters. The highest BCUT2D eigenvalue weighted by Gasteiger charge is 2.58. The molecule has 0 aliphatic carbocycles. The van der Waals surface area contributed by atoms with E-state index in [0.717, 1.165) is 24.5 Å². The SMILES string of the molecule is C[C@@]12CN(C(=O)CS(=O)(=O)CCN)C[C@]1(C)CN(c1ccc(N3CCS(=O)(=O)CC3)cc1)C2. The summed E-state index contributed by atoms with van der Waals surface area (Å²) in [6, 6.07) is 8.25. The Balaban J connectivity index is 1.40. The van der Waals surface area contributed by atoms with Crippen LogP contribution in [-0.4, -0.2) is 96.5 Å². The highest BCUT2D eigenvalue weighted by atomic mass is 32.2. The third-order valence-electron chi connectivity index (χ3n) is 7.67. The second-order valence-corrected chi connectivity index (χ2v) is 14.8. The van der Waals surface area contributed by atoms with Gasteiger partial charge in [-0.15, -0.1) is 0 Å². The molecule has 0 radical (unpaired) electrons. The molecule has 0 spiro atoms. The summed E-state index contributed by atoms with van der Waals surface area (Å²) in [5.74, 6) is -0.585. The zero-order valence-corrected chi connectivity index (χ0v) is 21.0. The Kier molecular flexibility index (Phi) is 6.20. The van der Waals surface area contributed by atoms with Crippen LogP contribution in [0.25, 0.3) is 0 Å². The maximum Gasteiger partial charge on any atom is 0.237 e. The fraction of sp³-hybridized carbons (Fsp3) is 0.682. The van der Waals surface area contributed by atoms with Gasteiger partial charge in [0.05, 0.1) is 17.3 Å². The number of likely N-dealkylation sites (tertiary alicyclic amines) is 1. The number of anilines is 2. The van der Waals surface area contributed by atoms with Crippen LogP contribution in [0.15, 0.2) is 24.3 Å². The molecule has 4 rings (SSSR count). The number of benzene rings is 1. The van der Waals surface area contributed by atoms with Gasteiger partial charge in [-0.25, -0.2) is 16.8 Å². The van der Waals surface area contributed by atoms with Crippen molar-refractivity contribution in [2.24, 2.45) is 16.6 Å². The maximum atomic E-state index is 12.7. The number of carbonyl (C=O) groups excluding carboxylic acids is 1. The van der Waals surface area contributed by atoms with Crippen LogP contribution in [0.3, 0.4) is 0 Å². The Morgan fingerprint density at radius 1 is 0.939 bits per heavy atom. The zero-order valence-electron chi connectivity index (χ0n) is 19.4. The van der Waals surface area contributed by atoms with Crippen LogP contribution in [0.1, 0.15) is 13.8 Å². The summed E-state index contributed by atoms with van der Waals surface area (Å²) in [7, 11) is -6.38. The minimum Gasteiger partial charge on any atom is -0.370 e. The molecule has 1 aromatic rings. The van der Waals surface area contributed by atoms with Gasteiger partial charge in [0.1, 0.15) is 5.75 Å². The molecule has 33 heavy (non-hydrogen) atoms. The van der Waals surface area contributed by atoms with E-state index in [1.54, 1.807) is 4.90 Å². The first-order valence-corrected chi connectivity index (χ1v) is 15.0. The van der Waals surface area contributed by atoms with Gasteiger partial charge in [-0.05, 0) is 24.3 Å². The first-order valence-electron chi connectivity index (χ1n) is 11.3. The van der Waals surface area contributed by atoms with Crippen LogP contribution in [0.2, 0.25) is 0 Å². The summed E-state index contributed by atoms with van der Waals surface area (Å²) in [4.78, 5) is 18.8. The van der Waals surface area contributed by atoms with E-state index in [1.165, 1.54) is 0 Å². The number of hydrogen-bond acceptors (Lipinski definition) is 8. The molecule has 3 aliphatic rings. The highest BCUT2D eigenvalue weighted by molar-refractivity contribution is 7.92. The Morgan fingerprint density at radius 2 is 1.42 bits per heavy atom. The van der Waals surface area contributed by atoms with E-state index in [0.29, 0.717) is 26.2 Å². The van der Waals surface area contributed by atoms with Gasteiger partial charge in [-0.3, -0.25) is 4.79 Å². The van der Waals surface area contributed by atoms with E-state index in [1.807, 2.05) is 12.1 Å². The van der Waals surface area contributed by atoms with Crippen LogP contribution in [-0.2, 0) is 24.5 Å². The van der Waals surface area contributed by atoms with Crippen molar-refractivity contribution < 1.29 is 21.6 Å². The van der Waals surface area contributed by atoms with Gasteiger partial charge in [0, 0.05) is 68.0 Å². The van der Waals surface area contributed by atoms with Crippen LogP contribution >= 0.6 is 0 Å². The van der Waals surface area contributed by atoms with Gasteiger partial charge in [-0.2, -0.15) is 0 Å². The number of carbonyl (C=O) groups is 1. The molecular formula is C22H34N4O5S2. The summed E-state index contributed by atoms with van der Waals surface area (Å²) in [6.07, 6.45) is 0. The van der Waals surface area contributed by atoms with E-state index in [-0.39, 0.29) is 40.5 Å². The number of rotatable bonds is 6. The third kappa shape index (κ3) is 4.85. The number of nitrogens with zero attached hydrogens (tertiary/aromatic N) is 3. The number of nitrogens with two attached hydrogens (primary N) is 1. The molecule has 2 N–H and O–H groups in total. The topological polar surface area (TPSA) is 121 Å². The Labute approximate surface area is 196 Å². The predicted molar refractivity (Wildman–Crippen MR) is 130 cm³/mol. The van der Waals surface area contributed by atoms with Gasteiger partial charge in [0.25, 0.3) is 0 Å². The third-order valence-corrected chi connectivity index (χ3v) is 10.8. The monoisotopic (exact) mass is 498 g/mol. The molecule has 3 heterocycles. The van der Waals surface area contributed by atoms with Gasteiger partial charge >= 0.3 is 0 Å². The molecule has 0 saturated carbocycles. The summed E-state index contributed by atoms with van der Waals surface area (Å²) in [5, 5.41) is 0. The minimum atomic E-state index is -3.47. The molecule has 9 nitrogen and oxygen atoms in total. The van der Waals surface area contributed by atoms with Gasteiger partial charge in [0.15, 0.2) is 19.7 Å². The molecule has 1 aromatic carbocycles. The average molecular weight is 499 g/mol. The molecule has 3 saturated heterocycles. The van der Waals surface area contributed by atoms with E-state index < -0.39 is 25.4 Å². The Bertz CT molecular complexity index is 1090.